The molecule has 0 saturated heterocycles. The van der Waals surface area contributed by atoms with Gasteiger partial charge in [-0.3, -0.25) is 4.40 Å². The molecule has 0 bridgehead atoms. The molecule has 26 heavy (non-hydrogen) atoms. The molecule has 0 spiro atoms. The predicted molar refractivity (Wildman–Crippen MR) is 104 cm³/mol. The number of carbonyl (C=O) groups excluding carboxylic acids is 1. The van der Waals surface area contributed by atoms with Crippen molar-refractivity contribution in [3.8, 4) is 0 Å². The van der Waals surface area contributed by atoms with E-state index in [1.807, 2.05) is 36.4 Å². The van der Waals surface area contributed by atoms with Gasteiger partial charge < -0.3 is 14.2 Å². The van der Waals surface area contributed by atoms with Gasteiger partial charge in [0.2, 0.25) is 5.78 Å². The van der Waals surface area contributed by atoms with Crippen LogP contribution in [0.1, 0.15) is 43.9 Å². The normalized spacial score (nSPS) is 11.7. The highest BCUT2D eigenvalue weighted by Crippen LogP contribution is 2.25. The number of imidazole rings is 2. The fourth-order valence-electron chi connectivity index (χ4n) is 3.51. The maximum Gasteiger partial charge on any atom is 0.357 e. The lowest BCUT2D eigenvalue weighted by Crippen LogP contribution is -2.27. The van der Waals surface area contributed by atoms with Gasteiger partial charge in [-0.15, -0.1) is 0 Å². The van der Waals surface area contributed by atoms with Crippen molar-refractivity contribution in [2.75, 3.05) is 26.2 Å². The van der Waals surface area contributed by atoms with E-state index >= 15 is 0 Å². The maximum absolute atomic E-state index is 12.6. The van der Waals surface area contributed by atoms with Crippen molar-refractivity contribution < 1.29 is 9.53 Å². The van der Waals surface area contributed by atoms with Gasteiger partial charge in [0.1, 0.15) is 0 Å². The second-order valence-corrected chi connectivity index (χ2v) is 6.28. The number of likely N-dealkylation sites (N-methyl/N-ethyl adjacent to an activating group) is 1. The minimum atomic E-state index is -0.302. The number of para-hydroxylation sites is 2. The molecular formula is C20H28N4O2. The molecule has 0 aliphatic heterocycles. The van der Waals surface area contributed by atoms with Gasteiger partial charge >= 0.3 is 5.97 Å². The van der Waals surface area contributed by atoms with E-state index in [9.17, 15) is 4.79 Å². The van der Waals surface area contributed by atoms with Gasteiger partial charge in [0, 0.05) is 13.1 Å². The minimum Gasteiger partial charge on any atom is -0.461 e. The lowest BCUT2D eigenvalue weighted by molar-refractivity contribution is 0.0517. The van der Waals surface area contributed by atoms with E-state index in [2.05, 4.69) is 29.4 Å². The van der Waals surface area contributed by atoms with Crippen LogP contribution in [0.4, 0.5) is 0 Å². The van der Waals surface area contributed by atoms with E-state index < -0.39 is 0 Å². The summed E-state index contributed by atoms with van der Waals surface area (Å²) in [5.74, 6) is 0.516. The summed E-state index contributed by atoms with van der Waals surface area (Å²) in [6.45, 7) is 12.4. The number of nitrogens with zero attached hydrogens (tertiary/aromatic N) is 4. The van der Waals surface area contributed by atoms with Crippen LogP contribution in [-0.4, -0.2) is 51.1 Å². The van der Waals surface area contributed by atoms with Gasteiger partial charge in [-0.25, -0.2) is 9.78 Å². The molecule has 140 valence electrons. The summed E-state index contributed by atoms with van der Waals surface area (Å²) in [5, 5.41) is 0. The monoisotopic (exact) mass is 356 g/mol. The Hall–Kier alpha value is -2.34. The predicted octanol–water partition coefficient (Wildman–Crippen LogP) is 3.37. The van der Waals surface area contributed by atoms with Gasteiger partial charge in [0.05, 0.1) is 23.3 Å². The molecule has 0 aliphatic rings. The first-order chi connectivity index (χ1) is 12.7. The van der Waals surface area contributed by atoms with Crippen LogP contribution in [-0.2, 0) is 17.7 Å². The molecule has 0 saturated carbocycles. The number of esters is 1. The van der Waals surface area contributed by atoms with Gasteiger partial charge in [-0.2, -0.15) is 0 Å². The summed E-state index contributed by atoms with van der Waals surface area (Å²) in [6, 6.07) is 8.16. The molecule has 2 aromatic heterocycles. The highest BCUT2D eigenvalue weighted by molar-refractivity contribution is 5.93. The number of rotatable bonds is 8. The molecule has 6 nitrogen and oxygen atoms in total. The summed E-state index contributed by atoms with van der Waals surface area (Å²) in [7, 11) is 0. The number of hydrogen-bond donors (Lipinski definition) is 0. The fourth-order valence-corrected chi connectivity index (χ4v) is 3.51. The molecule has 0 unspecified atom stereocenters. The van der Waals surface area contributed by atoms with Crippen molar-refractivity contribution >= 4 is 22.8 Å². The standard InChI is InChI=1S/C20H28N4O2/c1-5-15-18(19(25)26-8-4)24-17-12-10-9-11-16(17)23(20(24)21-15)14-13-22(6-2)7-3/h9-12H,5-8,13-14H2,1-4H3. The molecule has 0 fully saturated rings. The second-order valence-electron chi connectivity index (χ2n) is 6.28. The Morgan fingerprint density at radius 1 is 1.12 bits per heavy atom. The van der Waals surface area contributed by atoms with Crippen molar-refractivity contribution in [2.45, 2.75) is 40.7 Å². The maximum atomic E-state index is 12.6. The van der Waals surface area contributed by atoms with Crippen molar-refractivity contribution in [3.05, 3.63) is 35.7 Å². The van der Waals surface area contributed by atoms with Crippen LogP contribution in [0.3, 0.4) is 0 Å². The Balaban J connectivity index is 2.19. The van der Waals surface area contributed by atoms with Crippen molar-refractivity contribution in [1.29, 1.82) is 0 Å². The van der Waals surface area contributed by atoms with Gasteiger partial charge in [-0.05, 0) is 38.6 Å². The molecule has 0 radical (unpaired) electrons. The smallest absolute Gasteiger partial charge is 0.357 e. The number of carbonyl (C=O) groups is 1. The first-order valence-corrected chi connectivity index (χ1v) is 9.54. The van der Waals surface area contributed by atoms with E-state index in [-0.39, 0.29) is 5.97 Å². The van der Waals surface area contributed by atoms with E-state index in [1.54, 1.807) is 0 Å². The Bertz CT molecular complexity index is 905. The summed E-state index contributed by atoms with van der Waals surface area (Å²) >= 11 is 0. The van der Waals surface area contributed by atoms with Crippen LogP contribution in [0.15, 0.2) is 24.3 Å². The number of hydrogen-bond acceptors (Lipinski definition) is 4. The average molecular weight is 356 g/mol. The first kappa shape index (κ1) is 18.5. The van der Waals surface area contributed by atoms with Crippen LogP contribution in [0, 0.1) is 0 Å². The zero-order valence-electron chi connectivity index (χ0n) is 16.2. The van der Waals surface area contributed by atoms with Crippen molar-refractivity contribution in [3.63, 3.8) is 0 Å². The quantitative estimate of drug-likeness (QED) is 0.581. The number of fused-ring (bicyclic) bond motifs is 3. The molecule has 0 atom stereocenters. The number of benzene rings is 1. The summed E-state index contributed by atoms with van der Waals surface area (Å²) in [5.41, 5.74) is 3.44. The Morgan fingerprint density at radius 3 is 2.42 bits per heavy atom. The summed E-state index contributed by atoms with van der Waals surface area (Å²) in [6.07, 6.45) is 0.695. The van der Waals surface area contributed by atoms with Crippen LogP contribution in [0.5, 0.6) is 0 Å². The molecule has 1 aromatic carbocycles. The van der Waals surface area contributed by atoms with E-state index in [0.717, 1.165) is 48.7 Å². The molecule has 0 aliphatic carbocycles. The molecule has 2 heterocycles. The fraction of sp³-hybridized carbons (Fsp3) is 0.500. The molecule has 3 rings (SSSR count). The Labute approximate surface area is 154 Å². The van der Waals surface area contributed by atoms with Crippen LogP contribution < -0.4 is 0 Å². The highest BCUT2D eigenvalue weighted by Gasteiger charge is 2.24. The van der Waals surface area contributed by atoms with Crippen molar-refractivity contribution in [1.82, 2.24) is 18.9 Å². The SMILES string of the molecule is CCOC(=O)c1c(CC)nc2n(CCN(CC)CC)c3ccccc3n12. The lowest BCUT2D eigenvalue weighted by Gasteiger charge is -2.18. The molecule has 6 heteroatoms. The van der Waals surface area contributed by atoms with E-state index in [1.165, 1.54) is 0 Å². The van der Waals surface area contributed by atoms with Crippen LogP contribution >= 0.6 is 0 Å². The zero-order chi connectivity index (χ0) is 18.7. The third-order valence-corrected chi connectivity index (χ3v) is 4.92. The molecule has 3 aromatic rings. The van der Waals surface area contributed by atoms with Crippen molar-refractivity contribution in [2.24, 2.45) is 0 Å². The van der Waals surface area contributed by atoms with Gasteiger partial charge in [-0.1, -0.05) is 32.9 Å². The Kier molecular flexibility index (Phi) is 5.61. The third kappa shape index (κ3) is 3.09. The third-order valence-electron chi connectivity index (χ3n) is 4.92. The Morgan fingerprint density at radius 2 is 1.81 bits per heavy atom. The largest absolute Gasteiger partial charge is 0.461 e. The summed E-state index contributed by atoms with van der Waals surface area (Å²) in [4.78, 5) is 19.8. The second kappa shape index (κ2) is 7.91. The van der Waals surface area contributed by atoms with Gasteiger partial charge in [0.15, 0.2) is 5.69 Å². The topological polar surface area (TPSA) is 51.8 Å². The lowest BCUT2D eigenvalue weighted by atomic mass is 10.2. The molecular weight excluding hydrogens is 328 g/mol. The number of aromatic nitrogens is 3. The molecule has 0 N–H and O–H groups in total. The van der Waals surface area contributed by atoms with Crippen LogP contribution in [0.25, 0.3) is 16.8 Å². The summed E-state index contributed by atoms with van der Waals surface area (Å²) < 4.78 is 9.50. The highest BCUT2D eigenvalue weighted by atomic mass is 16.5. The minimum absolute atomic E-state index is 0.302. The number of aryl methyl sites for hydroxylation is 1. The van der Waals surface area contributed by atoms with Gasteiger partial charge in [0.25, 0.3) is 0 Å². The average Bonchev–Trinajstić information content (AvgIpc) is 3.18. The zero-order valence-corrected chi connectivity index (χ0v) is 16.2. The molecule has 0 amide bonds. The van der Waals surface area contributed by atoms with Crippen LogP contribution in [0.2, 0.25) is 0 Å². The van der Waals surface area contributed by atoms with E-state index in [4.69, 9.17) is 9.72 Å². The van der Waals surface area contributed by atoms with E-state index in [0.29, 0.717) is 18.7 Å². The first-order valence-electron chi connectivity index (χ1n) is 9.54. The number of ether oxygens (including phenoxy) is 1.